The van der Waals surface area contributed by atoms with Gasteiger partial charge >= 0.3 is 0 Å². The number of carbonyl (C=O) groups excluding carboxylic acids is 1. The Morgan fingerprint density at radius 2 is 2.10 bits per heavy atom. The number of hydrogen-bond donors (Lipinski definition) is 1. The highest BCUT2D eigenvalue weighted by atomic mass is 16.5. The molecule has 0 radical (unpaired) electrons. The fraction of sp³-hybridized carbons (Fsp3) is 0.250. The van der Waals surface area contributed by atoms with E-state index in [1.165, 1.54) is 6.08 Å². The van der Waals surface area contributed by atoms with Crippen LogP contribution in [-0.4, -0.2) is 22.6 Å². The molecule has 5 nitrogen and oxygen atoms in total. The van der Waals surface area contributed by atoms with Crippen LogP contribution in [0.3, 0.4) is 0 Å². The lowest BCUT2D eigenvalue weighted by Gasteiger charge is -2.18. The number of carbonyl (C=O) groups is 1. The molecule has 5 heteroatoms. The molecule has 0 fully saturated rings. The van der Waals surface area contributed by atoms with Crippen molar-refractivity contribution in [1.82, 2.24) is 14.9 Å². The Balaban J connectivity index is 2.35. The van der Waals surface area contributed by atoms with Crippen LogP contribution in [0.1, 0.15) is 24.4 Å². The predicted octanol–water partition coefficient (Wildman–Crippen LogP) is 2.21. The van der Waals surface area contributed by atoms with Gasteiger partial charge in [-0.25, -0.2) is 4.98 Å². The lowest BCUT2D eigenvalue weighted by molar-refractivity contribution is -0.117. The zero-order chi connectivity index (χ0) is 15.2. The first-order valence-corrected chi connectivity index (χ1v) is 6.70. The maximum Gasteiger partial charge on any atom is 0.244 e. The predicted molar refractivity (Wildman–Crippen MR) is 81.0 cm³/mol. The number of aromatic nitrogens is 2. The van der Waals surface area contributed by atoms with Crippen molar-refractivity contribution in [1.29, 1.82) is 0 Å². The van der Waals surface area contributed by atoms with Crippen molar-refractivity contribution in [3.63, 3.8) is 0 Å². The van der Waals surface area contributed by atoms with Crippen LogP contribution in [0.25, 0.3) is 0 Å². The minimum Gasteiger partial charge on any atom is -0.497 e. The van der Waals surface area contributed by atoms with Gasteiger partial charge in [-0.2, -0.15) is 0 Å². The van der Waals surface area contributed by atoms with Crippen molar-refractivity contribution in [3.05, 3.63) is 60.2 Å². The highest BCUT2D eigenvalue weighted by Gasteiger charge is 2.19. The molecule has 1 aromatic carbocycles. The maximum atomic E-state index is 11.9. The third-order valence-electron chi connectivity index (χ3n) is 3.17. The Bertz CT molecular complexity index is 629. The van der Waals surface area contributed by atoms with Gasteiger partial charge in [-0.15, -0.1) is 0 Å². The van der Waals surface area contributed by atoms with Crippen LogP contribution >= 0.6 is 0 Å². The van der Waals surface area contributed by atoms with Gasteiger partial charge in [0.15, 0.2) is 0 Å². The molecule has 0 aliphatic heterocycles. The number of nitrogens with zero attached hydrogens (tertiary/aromatic N) is 2. The normalized spacial score (nSPS) is 12.3. The number of aryl methyl sites for hydroxylation is 1. The summed E-state index contributed by atoms with van der Waals surface area (Å²) in [5, 5.41) is 2.97. The van der Waals surface area contributed by atoms with Gasteiger partial charge < -0.3 is 14.6 Å². The summed E-state index contributed by atoms with van der Waals surface area (Å²) in [5.74, 6) is 1.40. The molecule has 1 aromatic heterocycles. The second kappa shape index (κ2) is 6.74. The summed E-state index contributed by atoms with van der Waals surface area (Å²) < 4.78 is 7.06. The topological polar surface area (TPSA) is 56.1 Å². The lowest BCUT2D eigenvalue weighted by Crippen LogP contribution is -2.29. The molecular weight excluding hydrogens is 266 g/mol. The van der Waals surface area contributed by atoms with Gasteiger partial charge in [0.2, 0.25) is 5.91 Å². The van der Waals surface area contributed by atoms with Crippen LogP contribution in [-0.2, 0) is 11.8 Å². The zero-order valence-corrected chi connectivity index (χ0v) is 12.4. The van der Waals surface area contributed by atoms with E-state index >= 15 is 0 Å². The Labute approximate surface area is 124 Å². The molecular formula is C16H19N3O2. The van der Waals surface area contributed by atoms with Gasteiger partial charge in [-0.05, 0) is 30.7 Å². The van der Waals surface area contributed by atoms with Crippen molar-refractivity contribution in [2.24, 2.45) is 7.05 Å². The summed E-state index contributed by atoms with van der Waals surface area (Å²) in [6.45, 7) is 1.81. The van der Waals surface area contributed by atoms with E-state index in [0.717, 1.165) is 17.1 Å². The second-order valence-corrected chi connectivity index (χ2v) is 4.61. The third-order valence-corrected chi connectivity index (χ3v) is 3.17. The molecule has 0 aliphatic carbocycles. The molecule has 0 spiro atoms. The molecule has 1 N–H and O–H groups in total. The summed E-state index contributed by atoms with van der Waals surface area (Å²) in [6, 6.07) is 7.28. The Hall–Kier alpha value is -2.56. The van der Waals surface area contributed by atoms with Crippen molar-refractivity contribution in [2.75, 3.05) is 7.11 Å². The summed E-state index contributed by atoms with van der Waals surface area (Å²) in [6.07, 6.45) is 6.78. The molecule has 2 aromatic rings. The molecule has 1 heterocycles. The van der Waals surface area contributed by atoms with Crippen LogP contribution in [0.4, 0.5) is 0 Å². The summed E-state index contributed by atoms with van der Waals surface area (Å²) in [7, 11) is 3.53. The highest BCUT2D eigenvalue weighted by Crippen LogP contribution is 2.22. The number of methoxy groups -OCH3 is 1. The molecule has 2 rings (SSSR count). The van der Waals surface area contributed by atoms with E-state index in [0.29, 0.717) is 0 Å². The number of rotatable bonds is 5. The number of allylic oxidation sites excluding steroid dienone is 1. The smallest absolute Gasteiger partial charge is 0.244 e. The van der Waals surface area contributed by atoms with Crippen molar-refractivity contribution >= 4 is 5.91 Å². The molecule has 1 atom stereocenters. The van der Waals surface area contributed by atoms with E-state index in [9.17, 15) is 4.79 Å². The fourth-order valence-electron chi connectivity index (χ4n) is 2.09. The van der Waals surface area contributed by atoms with Crippen LogP contribution in [0.2, 0.25) is 0 Å². The average molecular weight is 285 g/mol. The molecule has 0 saturated carbocycles. The molecule has 0 aliphatic rings. The van der Waals surface area contributed by atoms with Gasteiger partial charge in [0.1, 0.15) is 17.6 Å². The van der Waals surface area contributed by atoms with Crippen LogP contribution < -0.4 is 10.1 Å². The van der Waals surface area contributed by atoms with Crippen LogP contribution in [0.5, 0.6) is 5.75 Å². The van der Waals surface area contributed by atoms with Gasteiger partial charge in [-0.1, -0.05) is 18.2 Å². The molecule has 110 valence electrons. The maximum absolute atomic E-state index is 11.9. The number of amides is 1. The molecule has 1 unspecified atom stereocenters. The van der Waals surface area contributed by atoms with E-state index in [2.05, 4.69) is 10.3 Å². The molecule has 1 amide bonds. The summed E-state index contributed by atoms with van der Waals surface area (Å²) in [5.41, 5.74) is 0.947. The number of nitrogens with one attached hydrogen (secondary N) is 1. The largest absolute Gasteiger partial charge is 0.497 e. The number of hydrogen-bond acceptors (Lipinski definition) is 3. The number of imidazole rings is 1. The Kier molecular flexibility index (Phi) is 4.77. The van der Waals surface area contributed by atoms with E-state index in [4.69, 9.17) is 4.74 Å². The highest BCUT2D eigenvalue weighted by molar-refractivity contribution is 5.87. The summed E-state index contributed by atoms with van der Waals surface area (Å²) in [4.78, 5) is 16.2. The first-order chi connectivity index (χ1) is 10.2. The second-order valence-electron chi connectivity index (χ2n) is 4.61. The van der Waals surface area contributed by atoms with Crippen LogP contribution in [0, 0.1) is 0 Å². The van der Waals surface area contributed by atoms with Crippen molar-refractivity contribution in [3.8, 4) is 5.75 Å². The lowest BCUT2D eigenvalue weighted by atomic mass is 10.1. The van der Waals surface area contributed by atoms with E-state index in [-0.39, 0.29) is 11.9 Å². The SMILES string of the molecule is C/C=C/C(=O)NC(c1ccc(OC)cc1)c1nccn1C. The monoisotopic (exact) mass is 285 g/mol. The minimum atomic E-state index is -0.306. The quantitative estimate of drug-likeness (QED) is 0.857. The Morgan fingerprint density at radius 1 is 1.38 bits per heavy atom. The molecule has 0 saturated heterocycles. The average Bonchev–Trinajstić information content (AvgIpc) is 2.91. The number of benzene rings is 1. The van der Waals surface area contributed by atoms with Crippen molar-refractivity contribution < 1.29 is 9.53 Å². The zero-order valence-electron chi connectivity index (χ0n) is 12.4. The van der Waals surface area contributed by atoms with Crippen LogP contribution in [0.15, 0.2) is 48.8 Å². The summed E-state index contributed by atoms with van der Waals surface area (Å²) >= 11 is 0. The van der Waals surface area contributed by atoms with Gasteiger partial charge in [0.05, 0.1) is 7.11 Å². The van der Waals surface area contributed by atoms with E-state index in [1.54, 1.807) is 19.4 Å². The fourth-order valence-corrected chi connectivity index (χ4v) is 2.09. The first-order valence-electron chi connectivity index (χ1n) is 6.70. The molecule has 0 bridgehead atoms. The Morgan fingerprint density at radius 3 is 2.62 bits per heavy atom. The third kappa shape index (κ3) is 3.51. The van der Waals surface area contributed by atoms with Crippen molar-refractivity contribution in [2.45, 2.75) is 13.0 Å². The first kappa shape index (κ1) is 14.8. The van der Waals surface area contributed by atoms with Gasteiger partial charge in [0, 0.05) is 19.4 Å². The van der Waals surface area contributed by atoms with E-state index < -0.39 is 0 Å². The number of ether oxygens (including phenoxy) is 1. The minimum absolute atomic E-state index is 0.152. The van der Waals surface area contributed by atoms with Gasteiger partial charge in [-0.3, -0.25) is 4.79 Å². The van der Waals surface area contributed by atoms with E-state index in [1.807, 2.05) is 49.0 Å². The molecule has 21 heavy (non-hydrogen) atoms. The van der Waals surface area contributed by atoms with Gasteiger partial charge in [0.25, 0.3) is 0 Å². The standard InChI is InChI=1S/C16H19N3O2/c1-4-5-14(20)18-15(16-17-10-11-19(16)2)12-6-8-13(21-3)9-7-12/h4-11,15H,1-3H3,(H,18,20)/b5-4+.